The first-order valence-electron chi connectivity index (χ1n) is 10.1. The van der Waals surface area contributed by atoms with Crippen molar-refractivity contribution in [2.75, 3.05) is 20.4 Å². The minimum absolute atomic E-state index is 0.0219. The fourth-order valence-electron chi connectivity index (χ4n) is 3.81. The predicted octanol–water partition coefficient (Wildman–Crippen LogP) is 6.08. The molecule has 5 nitrogen and oxygen atoms in total. The van der Waals surface area contributed by atoms with Crippen molar-refractivity contribution < 1.29 is 23.6 Å². The third-order valence-corrected chi connectivity index (χ3v) is 7.94. The number of methoxy groups -OCH3 is 2. The van der Waals surface area contributed by atoms with Gasteiger partial charge in [-0.3, -0.25) is 9.59 Å². The average molecular weight is 430 g/mol. The third kappa shape index (κ3) is 4.52. The van der Waals surface area contributed by atoms with Gasteiger partial charge >= 0.3 is 0 Å². The van der Waals surface area contributed by atoms with Crippen LogP contribution < -0.4 is 9.47 Å². The van der Waals surface area contributed by atoms with Crippen LogP contribution in [0, 0.1) is 27.7 Å². The Balaban J connectivity index is 2.73. The molecule has 0 aromatic heterocycles. The molecule has 0 bridgehead atoms. The van der Waals surface area contributed by atoms with Gasteiger partial charge in [-0.1, -0.05) is 31.0 Å². The van der Waals surface area contributed by atoms with Gasteiger partial charge in [0.25, 0.3) is 0 Å². The zero-order valence-electron chi connectivity index (χ0n) is 18.9. The van der Waals surface area contributed by atoms with E-state index in [1.54, 1.807) is 12.1 Å². The largest absolute Gasteiger partial charge is 0.496 e. The summed E-state index contributed by atoms with van der Waals surface area (Å²) >= 11 is 0. The van der Waals surface area contributed by atoms with Crippen molar-refractivity contribution in [3.8, 4) is 11.5 Å². The Labute approximate surface area is 179 Å². The zero-order valence-corrected chi connectivity index (χ0v) is 19.8. The molecule has 0 aliphatic rings. The Hall–Kier alpha value is -2.39. The number of carbonyl (C=O) groups is 2. The van der Waals surface area contributed by atoms with Crippen molar-refractivity contribution in [3.05, 3.63) is 57.6 Å². The van der Waals surface area contributed by atoms with Gasteiger partial charge in [0.2, 0.25) is 18.2 Å². The molecule has 2 aromatic rings. The van der Waals surface area contributed by atoms with Gasteiger partial charge in [-0.15, -0.1) is 0 Å². The summed E-state index contributed by atoms with van der Waals surface area (Å²) in [5.41, 5.74) is 2.46. The number of hydrogen-bond acceptors (Lipinski definition) is 5. The summed E-state index contributed by atoms with van der Waals surface area (Å²) in [6.45, 7) is 9.36. The van der Waals surface area contributed by atoms with Crippen LogP contribution in [0.15, 0.2) is 24.3 Å². The van der Waals surface area contributed by atoms with Crippen LogP contribution in [-0.4, -0.2) is 31.4 Å². The minimum Gasteiger partial charge on any atom is -0.496 e. The highest BCUT2D eigenvalue weighted by molar-refractivity contribution is 7.95. The summed E-state index contributed by atoms with van der Waals surface area (Å²) < 4.78 is 25.0. The van der Waals surface area contributed by atoms with E-state index in [4.69, 9.17) is 9.47 Å². The molecule has 6 heteroatoms. The lowest BCUT2D eigenvalue weighted by Crippen LogP contribution is -2.17. The molecule has 2 aromatic carbocycles. The molecule has 162 valence electrons. The highest BCUT2D eigenvalue weighted by Crippen LogP contribution is 2.55. The van der Waals surface area contributed by atoms with Gasteiger partial charge in [-0.25, -0.2) is 0 Å². The zero-order chi connectivity index (χ0) is 22.6. The second-order valence-electron chi connectivity index (χ2n) is 7.75. The number of carbonyl (C=O) groups excluding carboxylic acids is 2. The van der Waals surface area contributed by atoms with E-state index >= 15 is 0 Å². The number of unbranched alkanes of at least 4 members (excludes halogenated alkanes) is 1. The van der Waals surface area contributed by atoms with Gasteiger partial charge in [-0.05, 0) is 62.9 Å². The Kier molecular flexibility index (Phi) is 7.65. The number of benzene rings is 2. The van der Waals surface area contributed by atoms with Crippen molar-refractivity contribution in [3.63, 3.8) is 0 Å². The standard InChI is InChI=1S/C24H31O5P/c1-8-9-10-30(27,23(25)21-17(4)11-15(2)12-18(21)5)24(26)22-19(28-6)13-16(3)14-20(22)29-7/h11-14H,8-10H2,1-7H3. The summed E-state index contributed by atoms with van der Waals surface area (Å²) in [6.07, 6.45) is 1.25. The third-order valence-electron chi connectivity index (χ3n) is 5.24. The SMILES string of the molecule is CCCCP(=O)(C(=O)c1c(C)cc(C)cc1C)C(=O)c1c(OC)cc(C)cc1OC. The monoisotopic (exact) mass is 430 g/mol. The number of aryl methyl sites for hydroxylation is 4. The first-order valence-corrected chi connectivity index (χ1v) is 12.0. The fourth-order valence-corrected chi connectivity index (χ4v) is 6.46. The van der Waals surface area contributed by atoms with Gasteiger partial charge < -0.3 is 14.0 Å². The summed E-state index contributed by atoms with van der Waals surface area (Å²) in [6, 6.07) is 7.13. The van der Waals surface area contributed by atoms with E-state index < -0.39 is 18.2 Å². The predicted molar refractivity (Wildman–Crippen MR) is 121 cm³/mol. The second kappa shape index (κ2) is 9.61. The van der Waals surface area contributed by atoms with Crippen molar-refractivity contribution >= 4 is 18.2 Å². The van der Waals surface area contributed by atoms with E-state index in [2.05, 4.69) is 0 Å². The van der Waals surface area contributed by atoms with Crippen LogP contribution in [0.3, 0.4) is 0 Å². The molecule has 0 radical (unpaired) electrons. The quantitative estimate of drug-likeness (QED) is 0.451. The molecule has 0 spiro atoms. The maximum Gasteiger partial charge on any atom is 0.236 e. The maximum absolute atomic E-state index is 14.2. The van der Waals surface area contributed by atoms with Crippen molar-refractivity contribution in [1.82, 2.24) is 0 Å². The van der Waals surface area contributed by atoms with Crippen LogP contribution in [0.4, 0.5) is 0 Å². The lowest BCUT2D eigenvalue weighted by atomic mass is 10.0. The van der Waals surface area contributed by atoms with Crippen molar-refractivity contribution in [2.24, 2.45) is 0 Å². The number of rotatable bonds is 9. The Morgan fingerprint density at radius 2 is 1.23 bits per heavy atom. The van der Waals surface area contributed by atoms with Crippen LogP contribution in [-0.2, 0) is 4.57 Å². The average Bonchev–Trinajstić information content (AvgIpc) is 2.69. The molecular weight excluding hydrogens is 399 g/mol. The minimum atomic E-state index is -3.96. The molecular formula is C24H31O5P. The highest BCUT2D eigenvalue weighted by atomic mass is 31.2. The molecule has 0 aliphatic carbocycles. The number of hydrogen-bond donors (Lipinski definition) is 0. The molecule has 0 heterocycles. The smallest absolute Gasteiger partial charge is 0.236 e. The van der Waals surface area contributed by atoms with E-state index in [1.807, 2.05) is 46.8 Å². The van der Waals surface area contributed by atoms with Gasteiger partial charge in [0.1, 0.15) is 17.1 Å². The molecule has 0 saturated carbocycles. The molecule has 0 aliphatic heterocycles. The van der Waals surface area contributed by atoms with E-state index in [1.165, 1.54) is 14.2 Å². The Morgan fingerprint density at radius 3 is 1.67 bits per heavy atom. The molecule has 0 fully saturated rings. The molecule has 1 unspecified atom stereocenters. The molecule has 0 amide bonds. The van der Waals surface area contributed by atoms with Gasteiger partial charge in [0, 0.05) is 11.7 Å². The molecule has 0 saturated heterocycles. The van der Waals surface area contributed by atoms with Crippen molar-refractivity contribution in [1.29, 1.82) is 0 Å². The molecule has 1 atom stereocenters. The maximum atomic E-state index is 14.2. The van der Waals surface area contributed by atoms with E-state index in [9.17, 15) is 14.2 Å². The lowest BCUT2D eigenvalue weighted by Gasteiger charge is -2.21. The summed E-state index contributed by atoms with van der Waals surface area (Å²) in [5.74, 6) is 0.525. The van der Waals surface area contributed by atoms with Gasteiger partial charge in [0.05, 0.1) is 14.2 Å². The van der Waals surface area contributed by atoms with Crippen LogP contribution in [0.1, 0.15) is 62.7 Å². The normalized spacial score (nSPS) is 12.9. The molecule has 0 N–H and O–H groups in total. The van der Waals surface area contributed by atoms with Crippen LogP contribution in [0.2, 0.25) is 0 Å². The van der Waals surface area contributed by atoms with Crippen LogP contribution in [0.5, 0.6) is 11.5 Å². The van der Waals surface area contributed by atoms with E-state index in [-0.39, 0.29) is 23.2 Å². The first kappa shape index (κ1) is 23.9. The first-order chi connectivity index (χ1) is 14.1. The molecule has 2 rings (SSSR count). The highest BCUT2D eigenvalue weighted by Gasteiger charge is 2.43. The Bertz CT molecular complexity index is 974. The number of ether oxygens (including phenoxy) is 2. The molecule has 30 heavy (non-hydrogen) atoms. The Morgan fingerprint density at radius 1 is 0.800 bits per heavy atom. The van der Waals surface area contributed by atoms with Gasteiger partial charge in [-0.2, -0.15) is 0 Å². The lowest BCUT2D eigenvalue weighted by molar-refractivity contribution is 0.103. The topological polar surface area (TPSA) is 69.7 Å². The summed E-state index contributed by atoms with van der Waals surface area (Å²) in [4.78, 5) is 27.3. The van der Waals surface area contributed by atoms with Gasteiger partial charge in [0.15, 0.2) is 0 Å². The second-order valence-corrected chi connectivity index (χ2v) is 10.5. The summed E-state index contributed by atoms with van der Waals surface area (Å²) in [5, 5.41) is 0. The van der Waals surface area contributed by atoms with Crippen LogP contribution >= 0.6 is 7.14 Å². The van der Waals surface area contributed by atoms with E-state index in [0.29, 0.717) is 12.0 Å². The van der Waals surface area contributed by atoms with Crippen molar-refractivity contribution in [2.45, 2.75) is 47.5 Å². The van der Waals surface area contributed by atoms with E-state index in [0.717, 1.165) is 28.7 Å². The fraction of sp³-hybridized carbons (Fsp3) is 0.417. The summed E-state index contributed by atoms with van der Waals surface area (Å²) in [7, 11) is -1.08. The van der Waals surface area contributed by atoms with Crippen LogP contribution in [0.25, 0.3) is 0 Å².